The predicted molar refractivity (Wildman–Crippen MR) is 75.4 cm³/mol. The Hall–Kier alpha value is -2.17. The van der Waals surface area contributed by atoms with Crippen molar-refractivity contribution in [3.8, 4) is 11.3 Å². The minimum atomic E-state index is -0.269. The lowest BCUT2D eigenvalue weighted by Crippen LogP contribution is -2.33. The first-order valence-corrected chi connectivity index (χ1v) is 6.72. The molecular formula is C15H18FN3O. The molecule has 2 heterocycles. The number of fused-ring (bicyclic) bond motifs is 1. The average Bonchev–Trinajstić information content (AvgIpc) is 2.83. The van der Waals surface area contributed by atoms with Crippen LogP contribution in [0.25, 0.3) is 11.3 Å². The van der Waals surface area contributed by atoms with Crippen molar-refractivity contribution in [2.24, 2.45) is 0 Å². The second-order valence-electron chi connectivity index (χ2n) is 4.66. The zero-order valence-corrected chi connectivity index (χ0v) is 11.7. The van der Waals surface area contributed by atoms with Crippen LogP contribution < -0.4 is 5.32 Å². The van der Waals surface area contributed by atoms with Crippen molar-refractivity contribution in [3.63, 3.8) is 0 Å². The van der Waals surface area contributed by atoms with Crippen LogP contribution in [0.2, 0.25) is 0 Å². The number of nitrogens with zero attached hydrogens (tertiary/aromatic N) is 2. The highest BCUT2D eigenvalue weighted by atomic mass is 19.1. The molecule has 1 amide bonds. The topological polar surface area (TPSA) is 46.9 Å². The monoisotopic (exact) mass is 275 g/mol. The van der Waals surface area contributed by atoms with Crippen LogP contribution in [0.3, 0.4) is 0 Å². The Morgan fingerprint density at radius 1 is 1.30 bits per heavy atom. The van der Waals surface area contributed by atoms with Gasteiger partial charge >= 0.3 is 0 Å². The van der Waals surface area contributed by atoms with Crippen molar-refractivity contribution >= 4 is 5.91 Å². The van der Waals surface area contributed by atoms with E-state index in [2.05, 4.69) is 24.1 Å². The van der Waals surface area contributed by atoms with Crippen LogP contribution in [0.4, 0.5) is 4.39 Å². The highest BCUT2D eigenvalue weighted by molar-refractivity contribution is 5.77. The second kappa shape index (κ2) is 6.32. The van der Waals surface area contributed by atoms with E-state index in [4.69, 9.17) is 0 Å². The number of hydrogen-bond acceptors (Lipinski definition) is 2. The highest BCUT2D eigenvalue weighted by Gasteiger charge is 2.17. The number of hydrogen-bond donors (Lipinski definition) is 1. The summed E-state index contributed by atoms with van der Waals surface area (Å²) in [7, 11) is 0. The van der Waals surface area contributed by atoms with E-state index in [1.54, 1.807) is 12.1 Å². The maximum Gasteiger partial charge on any atom is 0.240 e. The molecule has 0 radical (unpaired) electrons. The predicted octanol–water partition coefficient (Wildman–Crippen LogP) is 2.74. The van der Waals surface area contributed by atoms with Crippen LogP contribution in [-0.2, 0) is 17.9 Å². The maximum atomic E-state index is 12.8. The first-order valence-electron chi connectivity index (χ1n) is 6.72. The number of aromatic nitrogens is 2. The van der Waals surface area contributed by atoms with E-state index in [1.807, 2.05) is 10.8 Å². The van der Waals surface area contributed by atoms with Crippen LogP contribution in [0.15, 0.2) is 30.5 Å². The van der Waals surface area contributed by atoms with Crippen LogP contribution in [0.5, 0.6) is 0 Å². The summed E-state index contributed by atoms with van der Waals surface area (Å²) < 4.78 is 14.6. The lowest BCUT2D eigenvalue weighted by molar-refractivity contribution is -0.122. The third kappa shape index (κ3) is 3.23. The van der Waals surface area contributed by atoms with E-state index in [1.165, 1.54) is 18.6 Å². The molecule has 0 unspecified atom stereocenters. The first-order chi connectivity index (χ1) is 9.63. The third-order valence-electron chi connectivity index (χ3n) is 2.76. The van der Waals surface area contributed by atoms with Crippen molar-refractivity contribution in [3.05, 3.63) is 42.1 Å². The molecule has 0 spiro atoms. The van der Waals surface area contributed by atoms with Gasteiger partial charge in [0.25, 0.3) is 0 Å². The van der Waals surface area contributed by atoms with Gasteiger partial charge in [0.15, 0.2) is 0 Å². The molecule has 5 heteroatoms. The number of benzene rings is 1. The molecule has 4 nitrogen and oxygen atoms in total. The van der Waals surface area contributed by atoms with Gasteiger partial charge in [-0.15, -0.1) is 0 Å². The molecule has 1 aliphatic rings. The molecule has 1 aliphatic heterocycles. The minimum absolute atomic E-state index is 0.0134. The van der Waals surface area contributed by atoms with Gasteiger partial charge in [0.2, 0.25) is 5.91 Å². The third-order valence-corrected chi connectivity index (χ3v) is 2.76. The molecular weight excluding hydrogens is 257 g/mol. The summed E-state index contributed by atoms with van der Waals surface area (Å²) in [5.74, 6) is 0.541. The van der Waals surface area contributed by atoms with Gasteiger partial charge in [-0.2, -0.15) is 0 Å². The minimum Gasteiger partial charge on any atom is -0.347 e. The molecule has 20 heavy (non-hydrogen) atoms. The van der Waals surface area contributed by atoms with Crippen molar-refractivity contribution in [1.82, 2.24) is 14.9 Å². The Kier molecular flexibility index (Phi) is 4.50. The SMILES string of the molecule is CCC.O=C1Cn2cc(-c3ccc(F)cc3)nc2CN1. The van der Waals surface area contributed by atoms with Gasteiger partial charge < -0.3 is 9.88 Å². The summed E-state index contributed by atoms with van der Waals surface area (Å²) in [6.45, 7) is 4.99. The Morgan fingerprint density at radius 2 is 1.95 bits per heavy atom. The molecule has 3 rings (SSSR count). The molecule has 1 aromatic carbocycles. The Labute approximate surface area is 117 Å². The van der Waals surface area contributed by atoms with Gasteiger partial charge in [-0.1, -0.05) is 20.3 Å². The highest BCUT2D eigenvalue weighted by Crippen LogP contribution is 2.20. The van der Waals surface area contributed by atoms with Gasteiger partial charge in [-0.3, -0.25) is 4.79 Å². The fourth-order valence-corrected chi connectivity index (χ4v) is 1.88. The summed E-state index contributed by atoms with van der Waals surface area (Å²) in [4.78, 5) is 15.6. The lowest BCUT2D eigenvalue weighted by atomic mass is 10.2. The average molecular weight is 275 g/mol. The van der Waals surface area contributed by atoms with Gasteiger partial charge in [-0.05, 0) is 24.3 Å². The van der Waals surface area contributed by atoms with Crippen LogP contribution in [0, 0.1) is 5.82 Å². The second-order valence-corrected chi connectivity index (χ2v) is 4.66. The van der Waals surface area contributed by atoms with E-state index >= 15 is 0 Å². The van der Waals surface area contributed by atoms with Crippen LogP contribution in [0.1, 0.15) is 26.1 Å². The van der Waals surface area contributed by atoms with Crippen molar-refractivity contribution in [1.29, 1.82) is 0 Å². The molecule has 1 N–H and O–H groups in total. The summed E-state index contributed by atoms with van der Waals surface area (Å²) in [5, 5.41) is 2.73. The van der Waals surface area contributed by atoms with E-state index in [0.717, 1.165) is 17.1 Å². The summed E-state index contributed by atoms with van der Waals surface area (Å²) >= 11 is 0. The number of carbonyl (C=O) groups is 1. The van der Waals surface area contributed by atoms with Gasteiger partial charge in [0.05, 0.1) is 12.2 Å². The van der Waals surface area contributed by atoms with E-state index in [-0.39, 0.29) is 11.7 Å². The van der Waals surface area contributed by atoms with Gasteiger partial charge in [-0.25, -0.2) is 9.37 Å². The molecule has 0 saturated carbocycles. The Morgan fingerprint density at radius 3 is 2.60 bits per heavy atom. The van der Waals surface area contributed by atoms with E-state index in [9.17, 15) is 9.18 Å². The van der Waals surface area contributed by atoms with Crippen LogP contribution in [-0.4, -0.2) is 15.5 Å². The number of carbonyl (C=O) groups excluding carboxylic acids is 1. The summed E-state index contributed by atoms with van der Waals surface area (Å²) in [6, 6.07) is 6.16. The normalized spacial score (nSPS) is 13.1. The van der Waals surface area contributed by atoms with Gasteiger partial charge in [0, 0.05) is 11.8 Å². The van der Waals surface area contributed by atoms with Crippen molar-refractivity contribution < 1.29 is 9.18 Å². The number of rotatable bonds is 1. The van der Waals surface area contributed by atoms with E-state index < -0.39 is 0 Å². The van der Waals surface area contributed by atoms with E-state index in [0.29, 0.717) is 13.1 Å². The molecule has 0 fully saturated rings. The number of nitrogens with one attached hydrogen (secondary N) is 1. The summed E-state index contributed by atoms with van der Waals surface area (Å²) in [6.07, 6.45) is 3.07. The number of imidazole rings is 1. The Bertz CT molecular complexity index is 590. The van der Waals surface area contributed by atoms with Crippen LogP contribution >= 0.6 is 0 Å². The lowest BCUT2D eigenvalue weighted by Gasteiger charge is -2.13. The largest absolute Gasteiger partial charge is 0.347 e. The fourth-order valence-electron chi connectivity index (χ4n) is 1.88. The molecule has 0 bridgehead atoms. The molecule has 0 aliphatic carbocycles. The fraction of sp³-hybridized carbons (Fsp3) is 0.333. The number of amides is 1. The van der Waals surface area contributed by atoms with Gasteiger partial charge in [0.1, 0.15) is 18.2 Å². The maximum absolute atomic E-state index is 12.8. The zero-order chi connectivity index (χ0) is 14.5. The Balaban J connectivity index is 0.000000452. The smallest absolute Gasteiger partial charge is 0.240 e. The molecule has 1 aromatic heterocycles. The standard InChI is InChI=1S/C12H10FN3O.C3H8/c13-9-3-1-8(2-4-9)10-6-16-7-12(17)14-5-11(16)15-10;1-3-2/h1-4,6H,5,7H2,(H,14,17);3H2,1-2H3. The molecule has 2 aromatic rings. The molecule has 0 atom stereocenters. The first kappa shape index (κ1) is 14.2. The van der Waals surface area contributed by atoms with Crippen molar-refractivity contribution in [2.75, 3.05) is 0 Å². The quantitative estimate of drug-likeness (QED) is 0.870. The van der Waals surface area contributed by atoms with Crippen molar-refractivity contribution in [2.45, 2.75) is 33.4 Å². The molecule has 106 valence electrons. The number of halogens is 1. The molecule has 0 saturated heterocycles. The zero-order valence-electron chi connectivity index (χ0n) is 11.7. The summed E-state index contributed by atoms with van der Waals surface area (Å²) in [5.41, 5.74) is 1.61.